The second-order valence-corrected chi connectivity index (χ2v) is 8.96. The van der Waals surface area contributed by atoms with Gasteiger partial charge in [-0.05, 0) is 37.0 Å². The molecule has 33 heavy (non-hydrogen) atoms. The lowest BCUT2D eigenvalue weighted by Crippen LogP contribution is -2.58. The Morgan fingerprint density at radius 1 is 1.18 bits per heavy atom. The van der Waals surface area contributed by atoms with Crippen molar-refractivity contribution in [3.05, 3.63) is 34.9 Å². The lowest BCUT2D eigenvalue weighted by Gasteiger charge is -2.46. The number of halogens is 4. The van der Waals surface area contributed by atoms with Gasteiger partial charge < -0.3 is 20.1 Å². The summed E-state index contributed by atoms with van der Waals surface area (Å²) < 4.78 is 48.2. The van der Waals surface area contributed by atoms with Crippen molar-refractivity contribution in [1.82, 2.24) is 20.1 Å². The van der Waals surface area contributed by atoms with Crippen molar-refractivity contribution in [3.8, 4) is 0 Å². The van der Waals surface area contributed by atoms with E-state index < -0.39 is 18.9 Å². The number of benzene rings is 1. The van der Waals surface area contributed by atoms with E-state index in [-0.39, 0.29) is 24.6 Å². The molecule has 182 valence electrons. The predicted octanol–water partition coefficient (Wildman–Crippen LogP) is 2.90. The van der Waals surface area contributed by atoms with E-state index in [1.807, 2.05) is 24.3 Å². The Hall–Kier alpha value is -2.08. The van der Waals surface area contributed by atoms with Crippen LogP contribution in [0.4, 0.5) is 25.1 Å². The van der Waals surface area contributed by atoms with E-state index in [2.05, 4.69) is 25.0 Å². The summed E-state index contributed by atoms with van der Waals surface area (Å²) >= 11 is 6.02. The Bertz CT molecular complexity index is 889. The fourth-order valence-corrected chi connectivity index (χ4v) is 4.65. The number of hydrogen-bond donors (Lipinski definition) is 2. The minimum atomic E-state index is -4.34. The lowest BCUT2D eigenvalue weighted by molar-refractivity contribution is -0.187. The first-order chi connectivity index (χ1) is 15.8. The molecule has 0 radical (unpaired) electrons. The Labute approximate surface area is 195 Å². The first-order valence-electron chi connectivity index (χ1n) is 11.0. The van der Waals surface area contributed by atoms with Crippen molar-refractivity contribution in [2.75, 3.05) is 50.1 Å². The Balaban J connectivity index is 1.40. The fourth-order valence-electron chi connectivity index (χ4n) is 4.52. The molecule has 2 aliphatic rings. The molecule has 1 aromatic heterocycles. The number of alkyl halides is 3. The number of H-pyrrole nitrogens is 1. The zero-order valence-electron chi connectivity index (χ0n) is 18.1. The first kappa shape index (κ1) is 24.1. The minimum absolute atomic E-state index is 0.0835. The quantitative estimate of drug-likeness (QED) is 0.619. The second kappa shape index (κ2) is 10.5. The van der Waals surface area contributed by atoms with Gasteiger partial charge in [-0.25, -0.2) is 0 Å². The molecule has 12 heteroatoms. The highest BCUT2D eigenvalue weighted by molar-refractivity contribution is 6.30. The monoisotopic (exact) mass is 488 g/mol. The van der Waals surface area contributed by atoms with Crippen LogP contribution in [0.25, 0.3) is 0 Å². The van der Waals surface area contributed by atoms with Crippen molar-refractivity contribution in [2.24, 2.45) is 0 Å². The zero-order valence-corrected chi connectivity index (χ0v) is 18.9. The highest BCUT2D eigenvalue weighted by Crippen LogP contribution is 2.27. The number of hydrogen-bond acceptors (Lipinski definition) is 7. The largest absolute Gasteiger partial charge is 0.411 e. The molecular weight excluding hydrogens is 461 g/mol. The lowest BCUT2D eigenvalue weighted by atomic mass is 9.96. The SMILES string of the molecule is Nc1nnc(N2CCC(N3C[C@H](COCC(F)(F)F)OC[C@@H]3Cc3ccc(Cl)cc3)CC2)[nH]1. The van der Waals surface area contributed by atoms with Crippen molar-refractivity contribution in [3.63, 3.8) is 0 Å². The number of nitrogen functional groups attached to an aromatic ring is 1. The second-order valence-electron chi connectivity index (χ2n) is 8.52. The number of nitrogens with one attached hydrogen (secondary N) is 1. The summed E-state index contributed by atoms with van der Waals surface area (Å²) in [4.78, 5) is 7.45. The summed E-state index contributed by atoms with van der Waals surface area (Å²) in [6, 6.07) is 8.10. The molecule has 0 unspecified atom stereocenters. The van der Waals surface area contributed by atoms with Crippen LogP contribution in [0, 0.1) is 0 Å². The maximum Gasteiger partial charge on any atom is 0.411 e. The summed E-state index contributed by atoms with van der Waals surface area (Å²) in [5, 5.41) is 8.56. The normalized spacial score (nSPS) is 23.2. The molecule has 2 saturated heterocycles. The van der Waals surface area contributed by atoms with Crippen LogP contribution in [0.3, 0.4) is 0 Å². The third-order valence-electron chi connectivity index (χ3n) is 6.09. The van der Waals surface area contributed by atoms with Crippen LogP contribution in [0.15, 0.2) is 24.3 Å². The van der Waals surface area contributed by atoms with E-state index in [9.17, 15) is 13.2 Å². The van der Waals surface area contributed by atoms with Gasteiger partial charge in [-0.2, -0.15) is 13.2 Å². The Morgan fingerprint density at radius 3 is 2.55 bits per heavy atom. The van der Waals surface area contributed by atoms with Gasteiger partial charge in [0.2, 0.25) is 11.9 Å². The van der Waals surface area contributed by atoms with Gasteiger partial charge in [-0.15, -0.1) is 10.2 Å². The maximum absolute atomic E-state index is 12.5. The van der Waals surface area contributed by atoms with Crippen LogP contribution in [-0.2, 0) is 15.9 Å². The molecular formula is C21H28ClF3N6O2. The van der Waals surface area contributed by atoms with E-state index in [1.165, 1.54) is 0 Å². The van der Waals surface area contributed by atoms with Crippen LogP contribution in [0.5, 0.6) is 0 Å². The number of piperidine rings is 1. The first-order valence-corrected chi connectivity index (χ1v) is 11.3. The summed E-state index contributed by atoms with van der Waals surface area (Å²) in [5.41, 5.74) is 6.78. The molecule has 8 nitrogen and oxygen atoms in total. The average Bonchev–Trinajstić information content (AvgIpc) is 3.22. The molecule has 1 aromatic carbocycles. The highest BCUT2D eigenvalue weighted by Gasteiger charge is 2.36. The Kier molecular flexibility index (Phi) is 7.62. The van der Waals surface area contributed by atoms with Gasteiger partial charge in [-0.3, -0.25) is 9.88 Å². The molecule has 0 aliphatic carbocycles. The third-order valence-corrected chi connectivity index (χ3v) is 6.34. The number of aromatic amines is 1. The number of aromatic nitrogens is 3. The molecule has 2 aliphatic heterocycles. The molecule has 2 aromatic rings. The molecule has 3 N–H and O–H groups in total. The van der Waals surface area contributed by atoms with Crippen molar-refractivity contribution < 1.29 is 22.6 Å². The van der Waals surface area contributed by atoms with E-state index in [4.69, 9.17) is 26.8 Å². The number of morpholine rings is 1. The molecule has 2 atom stereocenters. The summed E-state index contributed by atoms with van der Waals surface area (Å²) in [7, 11) is 0. The van der Waals surface area contributed by atoms with Crippen LogP contribution < -0.4 is 10.6 Å². The van der Waals surface area contributed by atoms with Gasteiger partial charge in [0.1, 0.15) is 6.61 Å². The van der Waals surface area contributed by atoms with E-state index in [1.54, 1.807) is 0 Å². The van der Waals surface area contributed by atoms with Crippen molar-refractivity contribution in [1.29, 1.82) is 0 Å². The van der Waals surface area contributed by atoms with Gasteiger partial charge in [0.05, 0.1) is 19.3 Å². The summed E-state index contributed by atoms with van der Waals surface area (Å²) in [6.45, 7) is 1.16. The minimum Gasteiger partial charge on any atom is -0.373 e. The molecule has 2 fully saturated rings. The van der Waals surface area contributed by atoms with Crippen LogP contribution >= 0.6 is 11.6 Å². The van der Waals surface area contributed by atoms with Gasteiger partial charge >= 0.3 is 6.18 Å². The van der Waals surface area contributed by atoms with Gasteiger partial charge in [-0.1, -0.05) is 23.7 Å². The number of nitrogens with two attached hydrogens (primary N) is 1. The Morgan fingerprint density at radius 2 is 1.91 bits per heavy atom. The topological polar surface area (TPSA) is 92.5 Å². The number of nitrogens with zero attached hydrogens (tertiary/aromatic N) is 4. The summed E-state index contributed by atoms with van der Waals surface area (Å²) in [5.74, 6) is 0.939. The smallest absolute Gasteiger partial charge is 0.373 e. The fraction of sp³-hybridized carbons (Fsp3) is 0.619. The van der Waals surface area contributed by atoms with E-state index in [0.717, 1.165) is 37.9 Å². The molecule has 0 amide bonds. The van der Waals surface area contributed by atoms with Crippen LogP contribution in [0.2, 0.25) is 5.02 Å². The predicted molar refractivity (Wildman–Crippen MR) is 118 cm³/mol. The molecule has 3 heterocycles. The van der Waals surface area contributed by atoms with Crippen molar-refractivity contribution >= 4 is 23.5 Å². The zero-order chi connectivity index (χ0) is 23.4. The maximum atomic E-state index is 12.5. The number of rotatable bonds is 7. The number of ether oxygens (including phenoxy) is 2. The van der Waals surface area contributed by atoms with Crippen LogP contribution in [0.1, 0.15) is 18.4 Å². The van der Waals surface area contributed by atoms with Gasteiger partial charge in [0.15, 0.2) is 0 Å². The standard InChI is InChI=1S/C21H28ClF3N6O2/c22-15-3-1-14(2-4-15)9-17-11-33-18(12-32-13-21(23,24)25)10-31(17)16-5-7-30(8-6-16)20-27-19(26)28-29-20/h1-4,16-18H,5-13H2,(H3,26,27,28,29)/t17-,18+/m0/s1. The molecule has 0 spiro atoms. The van der Waals surface area contributed by atoms with Gasteiger partial charge in [0.25, 0.3) is 0 Å². The molecule has 0 saturated carbocycles. The van der Waals surface area contributed by atoms with E-state index in [0.29, 0.717) is 24.1 Å². The van der Waals surface area contributed by atoms with Gasteiger partial charge in [0, 0.05) is 36.7 Å². The highest BCUT2D eigenvalue weighted by atomic mass is 35.5. The number of anilines is 2. The average molecular weight is 489 g/mol. The third kappa shape index (κ3) is 6.72. The summed E-state index contributed by atoms with van der Waals surface area (Å²) in [6.07, 6.45) is -2.21. The molecule has 4 rings (SSSR count). The van der Waals surface area contributed by atoms with Crippen LogP contribution in [-0.4, -0.2) is 83.9 Å². The molecule has 0 bridgehead atoms. The van der Waals surface area contributed by atoms with E-state index >= 15 is 0 Å². The van der Waals surface area contributed by atoms with Crippen molar-refractivity contribution in [2.45, 2.75) is 43.6 Å².